The maximum atomic E-state index is 12.3. The number of hydrogen-bond donors (Lipinski definition) is 1. The minimum Gasteiger partial charge on any atom is -0.321 e. The molecule has 0 saturated heterocycles. The van der Waals surface area contributed by atoms with Crippen molar-refractivity contribution >= 4 is 44.5 Å². The number of amides is 1. The lowest BCUT2D eigenvalue weighted by molar-refractivity contribution is 0.103. The first kappa shape index (κ1) is 16.0. The summed E-state index contributed by atoms with van der Waals surface area (Å²) in [6.07, 6.45) is 0.803. The van der Waals surface area contributed by atoms with Gasteiger partial charge in [-0.3, -0.25) is 4.79 Å². The number of benzene rings is 2. The molecule has 5 heteroatoms. The van der Waals surface area contributed by atoms with Gasteiger partial charge in [0.25, 0.3) is 5.91 Å². The zero-order valence-electron chi connectivity index (χ0n) is 13.7. The highest BCUT2D eigenvalue weighted by Gasteiger charge is 2.10. The number of hydrogen-bond acceptors (Lipinski definition) is 4. The Hall–Kier alpha value is -2.50. The van der Waals surface area contributed by atoms with Gasteiger partial charge in [-0.25, -0.2) is 4.98 Å². The van der Waals surface area contributed by atoms with Crippen molar-refractivity contribution in [3.05, 3.63) is 81.0 Å². The molecule has 0 radical (unpaired) electrons. The minimum atomic E-state index is -0.0496. The third-order valence-corrected chi connectivity index (χ3v) is 6.03. The highest BCUT2D eigenvalue weighted by molar-refractivity contribution is 7.18. The van der Waals surface area contributed by atoms with E-state index in [9.17, 15) is 4.79 Å². The number of thiophene rings is 1. The van der Waals surface area contributed by atoms with Gasteiger partial charge >= 0.3 is 0 Å². The zero-order valence-corrected chi connectivity index (χ0v) is 15.3. The van der Waals surface area contributed by atoms with Crippen molar-refractivity contribution in [2.24, 2.45) is 0 Å². The van der Waals surface area contributed by atoms with Gasteiger partial charge in [0.05, 0.1) is 20.1 Å². The number of carbonyl (C=O) groups is 1. The number of nitrogens with one attached hydrogen (secondary N) is 1. The Morgan fingerprint density at radius 2 is 1.88 bits per heavy atom. The van der Waals surface area contributed by atoms with E-state index < -0.39 is 0 Å². The molecule has 2 aromatic heterocycles. The molecule has 0 aliphatic carbocycles. The van der Waals surface area contributed by atoms with Gasteiger partial charge in [0, 0.05) is 12.1 Å². The molecule has 0 bridgehead atoms. The van der Waals surface area contributed by atoms with Crippen molar-refractivity contribution in [1.82, 2.24) is 4.98 Å². The van der Waals surface area contributed by atoms with E-state index >= 15 is 0 Å². The Kier molecular flexibility index (Phi) is 4.34. The molecule has 0 atom stereocenters. The van der Waals surface area contributed by atoms with E-state index in [2.05, 4.69) is 16.4 Å². The quantitative estimate of drug-likeness (QED) is 0.519. The normalized spacial score (nSPS) is 10.9. The Bertz CT molecular complexity index is 998. The van der Waals surface area contributed by atoms with Gasteiger partial charge in [-0.05, 0) is 53.8 Å². The number of rotatable bonds is 4. The van der Waals surface area contributed by atoms with E-state index in [0.717, 1.165) is 33.1 Å². The van der Waals surface area contributed by atoms with E-state index in [0.29, 0.717) is 0 Å². The summed E-state index contributed by atoms with van der Waals surface area (Å²) in [7, 11) is 0. The van der Waals surface area contributed by atoms with Gasteiger partial charge < -0.3 is 5.32 Å². The summed E-state index contributed by atoms with van der Waals surface area (Å²) in [5.74, 6) is -0.0496. The van der Waals surface area contributed by atoms with Gasteiger partial charge in [-0.15, -0.1) is 22.7 Å². The molecular weight excluding hydrogens is 348 g/mol. The standard InChI is InChI=1S/C20H16N2OS2/c1-13-10-11-24-19(13)20(23)21-15-8-6-14(7-9-15)12-18-22-16-4-2-3-5-17(16)25-18/h2-11H,12H2,1H3,(H,21,23). The molecule has 0 unspecified atom stereocenters. The van der Waals surface area contributed by atoms with Crippen LogP contribution in [0.3, 0.4) is 0 Å². The molecule has 4 aromatic rings. The van der Waals surface area contributed by atoms with Crippen LogP contribution in [0.5, 0.6) is 0 Å². The van der Waals surface area contributed by atoms with E-state index in [1.165, 1.54) is 21.6 Å². The number of carbonyl (C=O) groups excluding carboxylic acids is 1. The fourth-order valence-corrected chi connectivity index (χ4v) is 4.49. The summed E-state index contributed by atoms with van der Waals surface area (Å²) in [6, 6.07) is 18.1. The number of fused-ring (bicyclic) bond motifs is 1. The Labute approximate surface area is 154 Å². The second-order valence-corrected chi connectivity index (χ2v) is 7.87. The van der Waals surface area contributed by atoms with Crippen molar-refractivity contribution in [2.45, 2.75) is 13.3 Å². The van der Waals surface area contributed by atoms with Gasteiger partial charge in [0.1, 0.15) is 0 Å². The van der Waals surface area contributed by atoms with Gasteiger partial charge in [0.15, 0.2) is 0 Å². The highest BCUT2D eigenvalue weighted by atomic mass is 32.1. The van der Waals surface area contributed by atoms with E-state index in [1.54, 1.807) is 11.3 Å². The van der Waals surface area contributed by atoms with Crippen LogP contribution in [0.4, 0.5) is 5.69 Å². The lowest BCUT2D eigenvalue weighted by Crippen LogP contribution is -2.11. The van der Waals surface area contributed by atoms with E-state index in [1.807, 2.05) is 60.8 Å². The lowest BCUT2D eigenvalue weighted by atomic mass is 10.1. The second kappa shape index (κ2) is 6.78. The average Bonchev–Trinajstić information content (AvgIpc) is 3.22. The van der Waals surface area contributed by atoms with E-state index in [4.69, 9.17) is 0 Å². The molecular formula is C20H16N2OS2. The summed E-state index contributed by atoms with van der Waals surface area (Å²) in [5, 5.41) is 6.00. The summed E-state index contributed by atoms with van der Waals surface area (Å²) >= 11 is 3.19. The number of anilines is 1. The van der Waals surface area contributed by atoms with Crippen molar-refractivity contribution < 1.29 is 4.79 Å². The lowest BCUT2D eigenvalue weighted by Gasteiger charge is -2.06. The largest absolute Gasteiger partial charge is 0.321 e. The predicted octanol–water partition coefficient (Wildman–Crippen LogP) is 5.51. The highest BCUT2D eigenvalue weighted by Crippen LogP contribution is 2.24. The second-order valence-electron chi connectivity index (χ2n) is 5.84. The fraction of sp³-hybridized carbons (Fsp3) is 0.100. The minimum absolute atomic E-state index is 0.0496. The van der Waals surface area contributed by atoms with Gasteiger partial charge in [-0.1, -0.05) is 24.3 Å². The van der Waals surface area contributed by atoms with Crippen LogP contribution in [-0.2, 0) is 6.42 Å². The molecule has 0 aliphatic heterocycles. The number of aryl methyl sites for hydroxylation is 1. The smallest absolute Gasteiger partial charge is 0.265 e. The Morgan fingerprint density at radius 3 is 2.60 bits per heavy atom. The Morgan fingerprint density at radius 1 is 1.08 bits per heavy atom. The van der Waals surface area contributed by atoms with Crippen molar-refractivity contribution in [1.29, 1.82) is 0 Å². The van der Waals surface area contributed by atoms with Crippen molar-refractivity contribution in [3.8, 4) is 0 Å². The summed E-state index contributed by atoms with van der Waals surface area (Å²) in [4.78, 5) is 17.7. The maximum absolute atomic E-state index is 12.3. The van der Waals surface area contributed by atoms with Crippen LogP contribution in [0.25, 0.3) is 10.2 Å². The first-order valence-electron chi connectivity index (χ1n) is 7.98. The molecule has 0 aliphatic rings. The molecule has 25 heavy (non-hydrogen) atoms. The van der Waals surface area contributed by atoms with Crippen LogP contribution in [-0.4, -0.2) is 10.9 Å². The SMILES string of the molecule is Cc1ccsc1C(=O)Nc1ccc(Cc2nc3ccccc3s2)cc1. The third-order valence-electron chi connectivity index (χ3n) is 3.97. The molecule has 0 saturated carbocycles. The third kappa shape index (κ3) is 3.48. The van der Waals surface area contributed by atoms with Gasteiger partial charge in [-0.2, -0.15) is 0 Å². The molecule has 4 rings (SSSR count). The van der Waals surface area contributed by atoms with Crippen LogP contribution in [0.15, 0.2) is 60.0 Å². The van der Waals surface area contributed by atoms with Crippen molar-refractivity contribution in [3.63, 3.8) is 0 Å². The topological polar surface area (TPSA) is 42.0 Å². The molecule has 124 valence electrons. The molecule has 1 amide bonds. The number of aromatic nitrogens is 1. The molecule has 0 fully saturated rings. The fourth-order valence-electron chi connectivity index (χ4n) is 2.67. The number of thiazole rings is 1. The van der Waals surface area contributed by atoms with Crippen LogP contribution in [0.1, 0.15) is 25.8 Å². The molecule has 2 heterocycles. The Balaban J connectivity index is 1.46. The summed E-state index contributed by atoms with van der Waals surface area (Å²) in [6.45, 7) is 1.95. The zero-order chi connectivity index (χ0) is 17.2. The monoisotopic (exact) mass is 364 g/mol. The molecule has 2 aromatic carbocycles. The van der Waals surface area contributed by atoms with Gasteiger partial charge in [0.2, 0.25) is 0 Å². The maximum Gasteiger partial charge on any atom is 0.265 e. The summed E-state index contributed by atoms with van der Waals surface area (Å²) in [5.41, 5.74) is 4.06. The van der Waals surface area contributed by atoms with Crippen LogP contribution in [0.2, 0.25) is 0 Å². The first-order chi connectivity index (χ1) is 12.2. The first-order valence-corrected chi connectivity index (χ1v) is 9.67. The van der Waals surface area contributed by atoms with Crippen LogP contribution in [0, 0.1) is 6.92 Å². The number of nitrogens with zero attached hydrogens (tertiary/aromatic N) is 1. The molecule has 1 N–H and O–H groups in total. The van der Waals surface area contributed by atoms with Crippen molar-refractivity contribution in [2.75, 3.05) is 5.32 Å². The van der Waals surface area contributed by atoms with E-state index in [-0.39, 0.29) is 5.91 Å². The van der Waals surface area contributed by atoms with Crippen LogP contribution < -0.4 is 5.32 Å². The average molecular weight is 364 g/mol. The molecule has 0 spiro atoms. The summed E-state index contributed by atoms with van der Waals surface area (Å²) < 4.78 is 1.22. The van der Waals surface area contributed by atoms with Crippen LogP contribution >= 0.6 is 22.7 Å². The predicted molar refractivity (Wildman–Crippen MR) is 106 cm³/mol. The molecule has 3 nitrogen and oxygen atoms in total. The number of para-hydroxylation sites is 1.